The van der Waals surface area contributed by atoms with E-state index in [-0.39, 0.29) is 23.7 Å². The number of hydrogen-bond donors (Lipinski definition) is 2. The summed E-state index contributed by atoms with van der Waals surface area (Å²) in [5, 5.41) is 20.2. The van der Waals surface area contributed by atoms with Crippen molar-refractivity contribution < 1.29 is 23.8 Å². The van der Waals surface area contributed by atoms with Crippen LogP contribution in [0.5, 0.6) is 0 Å². The average Bonchev–Trinajstić information content (AvgIpc) is 3.09. The molecule has 0 radical (unpaired) electrons. The molecule has 0 amide bonds. The Morgan fingerprint density at radius 1 is 1.12 bits per heavy atom. The van der Waals surface area contributed by atoms with Crippen molar-refractivity contribution in [3.8, 4) is 0 Å². The third-order valence-electron chi connectivity index (χ3n) is 11.3. The van der Waals surface area contributed by atoms with Crippen LogP contribution >= 0.6 is 0 Å². The number of halogens is 2. The standard InChI is InChI=1S/C29H46F2O3/c1-18(2)29(30,31)13-10-19(3)22-8-9-23-21-7-6-20-16-28(34,17-25(32)33)15-14-26(20,4)24(21)11-12-27(22,23)5/h6,18-19,21-24,34H,7-17H2,1-5H3,(H,32,33)/t19-,21+,22-,23+,24+,26+,27-,28+/m1/s1. The lowest BCUT2D eigenvalue weighted by molar-refractivity contribution is -0.145. The van der Waals surface area contributed by atoms with Gasteiger partial charge in [0.2, 0.25) is 5.92 Å². The minimum atomic E-state index is -2.58. The highest BCUT2D eigenvalue weighted by Gasteiger charge is 2.60. The number of fused-ring (bicyclic) bond motifs is 5. The molecule has 4 aliphatic carbocycles. The number of aliphatic hydroxyl groups is 1. The van der Waals surface area contributed by atoms with Crippen molar-refractivity contribution >= 4 is 5.97 Å². The molecule has 0 aromatic rings. The number of carbonyl (C=O) groups is 1. The Bertz CT molecular complexity index is 822. The second-order valence-electron chi connectivity index (χ2n) is 13.4. The molecule has 0 spiro atoms. The van der Waals surface area contributed by atoms with Gasteiger partial charge in [-0.15, -0.1) is 0 Å². The molecule has 194 valence electrons. The topological polar surface area (TPSA) is 57.5 Å². The maximum absolute atomic E-state index is 14.3. The Balaban J connectivity index is 1.49. The number of hydrogen-bond acceptors (Lipinski definition) is 2. The molecule has 0 heterocycles. The quantitative estimate of drug-likeness (QED) is 0.371. The molecule has 2 N–H and O–H groups in total. The van der Waals surface area contributed by atoms with E-state index in [0.717, 1.165) is 32.1 Å². The second-order valence-corrected chi connectivity index (χ2v) is 13.4. The molecule has 3 nitrogen and oxygen atoms in total. The summed E-state index contributed by atoms with van der Waals surface area (Å²) in [6.45, 7) is 10.3. The molecule has 0 aromatic heterocycles. The molecular formula is C29H46F2O3. The molecule has 0 unspecified atom stereocenters. The van der Waals surface area contributed by atoms with Crippen LogP contribution < -0.4 is 0 Å². The molecule has 0 aromatic carbocycles. The van der Waals surface area contributed by atoms with Crippen molar-refractivity contribution in [1.29, 1.82) is 0 Å². The van der Waals surface area contributed by atoms with Crippen LogP contribution in [0.3, 0.4) is 0 Å². The van der Waals surface area contributed by atoms with Gasteiger partial charge in [0.15, 0.2) is 0 Å². The largest absolute Gasteiger partial charge is 0.481 e. The van der Waals surface area contributed by atoms with Crippen LogP contribution in [0.2, 0.25) is 0 Å². The fourth-order valence-corrected chi connectivity index (χ4v) is 9.03. The predicted molar refractivity (Wildman–Crippen MR) is 131 cm³/mol. The van der Waals surface area contributed by atoms with E-state index in [4.69, 9.17) is 0 Å². The number of carboxylic acid groups (broad SMARTS) is 1. The van der Waals surface area contributed by atoms with Crippen molar-refractivity contribution in [3.05, 3.63) is 11.6 Å². The van der Waals surface area contributed by atoms with E-state index in [9.17, 15) is 23.8 Å². The molecule has 0 bridgehead atoms. The van der Waals surface area contributed by atoms with Gasteiger partial charge < -0.3 is 10.2 Å². The van der Waals surface area contributed by atoms with Crippen molar-refractivity contribution in [2.75, 3.05) is 0 Å². The Labute approximate surface area is 204 Å². The molecule has 0 saturated heterocycles. The van der Waals surface area contributed by atoms with Crippen LogP contribution in [-0.2, 0) is 4.79 Å². The molecule has 3 saturated carbocycles. The van der Waals surface area contributed by atoms with Crippen LogP contribution in [0, 0.1) is 46.3 Å². The highest BCUT2D eigenvalue weighted by Crippen LogP contribution is 2.68. The summed E-state index contributed by atoms with van der Waals surface area (Å²) in [6.07, 6.45) is 10.4. The number of rotatable bonds is 7. The monoisotopic (exact) mass is 480 g/mol. The first-order valence-corrected chi connectivity index (χ1v) is 13.7. The summed E-state index contributed by atoms with van der Waals surface area (Å²) >= 11 is 0. The maximum atomic E-state index is 14.3. The smallest absolute Gasteiger partial charge is 0.306 e. The first-order valence-electron chi connectivity index (χ1n) is 13.7. The predicted octanol–water partition coefficient (Wildman–Crippen LogP) is 7.48. The van der Waals surface area contributed by atoms with Crippen LogP contribution in [0.25, 0.3) is 0 Å². The molecule has 0 aliphatic heterocycles. The van der Waals surface area contributed by atoms with Gasteiger partial charge in [0.05, 0.1) is 12.0 Å². The van der Waals surface area contributed by atoms with E-state index in [1.54, 1.807) is 13.8 Å². The van der Waals surface area contributed by atoms with E-state index in [1.807, 2.05) is 0 Å². The lowest BCUT2D eigenvalue weighted by Crippen LogP contribution is -2.52. The van der Waals surface area contributed by atoms with Gasteiger partial charge >= 0.3 is 5.97 Å². The first kappa shape index (κ1) is 26.1. The van der Waals surface area contributed by atoms with Crippen LogP contribution in [0.15, 0.2) is 11.6 Å². The minimum Gasteiger partial charge on any atom is -0.481 e. The normalized spacial score (nSPS) is 43.0. The molecule has 4 aliphatic rings. The first-order chi connectivity index (χ1) is 15.7. The van der Waals surface area contributed by atoms with Gasteiger partial charge in [-0.1, -0.05) is 46.3 Å². The molecule has 3 fully saturated rings. The third kappa shape index (κ3) is 4.37. The number of allylic oxidation sites excluding steroid dienone is 1. The van der Waals surface area contributed by atoms with Crippen molar-refractivity contribution in [2.24, 2.45) is 46.3 Å². The summed E-state index contributed by atoms with van der Waals surface area (Å²) < 4.78 is 28.6. The van der Waals surface area contributed by atoms with Gasteiger partial charge in [-0.05, 0) is 98.2 Å². The molecular weight excluding hydrogens is 434 g/mol. The third-order valence-corrected chi connectivity index (χ3v) is 11.3. The zero-order chi connectivity index (χ0) is 25.1. The summed E-state index contributed by atoms with van der Waals surface area (Å²) in [6, 6.07) is 0. The van der Waals surface area contributed by atoms with Crippen LogP contribution in [0.1, 0.15) is 105 Å². The lowest BCUT2D eigenvalue weighted by Gasteiger charge is -2.59. The van der Waals surface area contributed by atoms with E-state index in [2.05, 4.69) is 26.8 Å². The van der Waals surface area contributed by atoms with E-state index in [0.29, 0.717) is 48.9 Å². The van der Waals surface area contributed by atoms with E-state index < -0.39 is 23.4 Å². The van der Waals surface area contributed by atoms with Gasteiger partial charge in [-0.25, -0.2) is 8.78 Å². The molecule has 34 heavy (non-hydrogen) atoms. The number of alkyl halides is 2. The number of aliphatic carboxylic acids is 1. The molecule has 8 atom stereocenters. The van der Waals surface area contributed by atoms with Gasteiger partial charge in [-0.2, -0.15) is 0 Å². The maximum Gasteiger partial charge on any atom is 0.306 e. The van der Waals surface area contributed by atoms with Gasteiger partial charge in [0.25, 0.3) is 0 Å². The fourth-order valence-electron chi connectivity index (χ4n) is 9.03. The number of carboxylic acids is 1. The van der Waals surface area contributed by atoms with Crippen LogP contribution in [0.4, 0.5) is 8.78 Å². The zero-order valence-corrected chi connectivity index (χ0v) is 21.9. The minimum absolute atomic E-state index is 0.00143. The lowest BCUT2D eigenvalue weighted by atomic mass is 9.46. The van der Waals surface area contributed by atoms with E-state index in [1.165, 1.54) is 12.0 Å². The zero-order valence-electron chi connectivity index (χ0n) is 21.9. The van der Waals surface area contributed by atoms with Gasteiger partial charge in [-0.3, -0.25) is 4.79 Å². The Kier molecular flexibility index (Phi) is 6.80. The summed E-state index contributed by atoms with van der Waals surface area (Å²) in [7, 11) is 0. The second kappa shape index (κ2) is 8.85. The Morgan fingerprint density at radius 3 is 2.47 bits per heavy atom. The average molecular weight is 481 g/mol. The highest BCUT2D eigenvalue weighted by atomic mass is 19.3. The van der Waals surface area contributed by atoms with Gasteiger partial charge in [0, 0.05) is 12.3 Å². The Morgan fingerprint density at radius 2 is 1.82 bits per heavy atom. The SMILES string of the molecule is CC(C)C(F)(F)CC[C@@H](C)[C@H]1CC[C@H]2[C@@H]3CC=C4C[C@](O)(CC(=O)O)CC[C@]4(C)[C@H]3CC[C@]12C. The Hall–Kier alpha value is -0.970. The van der Waals surface area contributed by atoms with Crippen LogP contribution in [-0.4, -0.2) is 27.7 Å². The summed E-state index contributed by atoms with van der Waals surface area (Å²) in [5.41, 5.74) is 0.455. The highest BCUT2D eigenvalue weighted by molar-refractivity contribution is 5.68. The fraction of sp³-hybridized carbons (Fsp3) is 0.897. The van der Waals surface area contributed by atoms with Crippen molar-refractivity contribution in [2.45, 2.75) is 117 Å². The van der Waals surface area contributed by atoms with Gasteiger partial charge in [0.1, 0.15) is 0 Å². The van der Waals surface area contributed by atoms with Crippen molar-refractivity contribution in [3.63, 3.8) is 0 Å². The van der Waals surface area contributed by atoms with Crippen molar-refractivity contribution in [1.82, 2.24) is 0 Å². The summed E-state index contributed by atoms with van der Waals surface area (Å²) in [5.74, 6) is -1.42. The summed E-state index contributed by atoms with van der Waals surface area (Å²) in [4.78, 5) is 11.3. The molecule has 4 rings (SSSR count). The molecule has 5 heteroatoms. The van der Waals surface area contributed by atoms with E-state index >= 15 is 0 Å².